The molecule has 6 nitrogen and oxygen atoms in total. The van der Waals surface area contributed by atoms with Crippen LogP contribution in [-0.4, -0.2) is 71.8 Å². The molecular weight excluding hydrogens is 330 g/mol. The number of carbonyl (C=O) groups excluding carboxylic acids is 2. The molecule has 0 aliphatic carbocycles. The van der Waals surface area contributed by atoms with Crippen LogP contribution in [0.4, 0.5) is 0 Å². The molecule has 6 heteroatoms. The van der Waals surface area contributed by atoms with Gasteiger partial charge < -0.3 is 14.2 Å². The molecule has 1 aromatic heterocycles. The molecule has 1 unspecified atom stereocenters. The SMILES string of the molecule is CCN(CC1CCCN1CC)C(=O)C1CCN(C(=O)c2ccoc2)CC1. The summed E-state index contributed by atoms with van der Waals surface area (Å²) in [6.45, 7) is 9.37. The highest BCUT2D eigenvalue weighted by atomic mass is 16.3. The van der Waals surface area contributed by atoms with Crippen LogP contribution in [-0.2, 0) is 4.79 Å². The van der Waals surface area contributed by atoms with Crippen molar-refractivity contribution in [3.63, 3.8) is 0 Å². The van der Waals surface area contributed by atoms with Crippen molar-refractivity contribution in [3.05, 3.63) is 24.2 Å². The molecule has 2 aliphatic rings. The standard InChI is InChI=1S/C20H31N3O3/c1-3-21-10-5-6-18(21)14-22(4-2)19(24)16-7-11-23(12-8-16)20(25)17-9-13-26-15-17/h9,13,15-16,18H,3-8,10-12,14H2,1-2H3. The fourth-order valence-corrected chi connectivity index (χ4v) is 4.30. The monoisotopic (exact) mass is 361 g/mol. The molecule has 0 radical (unpaired) electrons. The van der Waals surface area contributed by atoms with Crippen LogP contribution in [0, 0.1) is 5.92 Å². The Bertz CT molecular complexity index is 593. The van der Waals surface area contributed by atoms with Crippen molar-refractivity contribution >= 4 is 11.8 Å². The highest BCUT2D eigenvalue weighted by molar-refractivity contribution is 5.94. The van der Waals surface area contributed by atoms with Crippen molar-refractivity contribution in [2.75, 3.05) is 39.3 Å². The lowest BCUT2D eigenvalue weighted by Gasteiger charge is -2.35. The molecule has 0 aromatic carbocycles. The van der Waals surface area contributed by atoms with Crippen molar-refractivity contribution in [1.29, 1.82) is 0 Å². The molecule has 0 saturated carbocycles. The first-order chi connectivity index (χ1) is 12.6. The van der Waals surface area contributed by atoms with Crippen LogP contribution in [0.15, 0.2) is 23.0 Å². The predicted molar refractivity (Wildman–Crippen MR) is 99.9 cm³/mol. The zero-order chi connectivity index (χ0) is 18.5. The highest BCUT2D eigenvalue weighted by Crippen LogP contribution is 2.23. The lowest BCUT2D eigenvalue weighted by molar-refractivity contribution is -0.137. The molecule has 1 atom stereocenters. The summed E-state index contributed by atoms with van der Waals surface area (Å²) in [5, 5.41) is 0. The average molecular weight is 361 g/mol. The number of amides is 2. The van der Waals surface area contributed by atoms with Gasteiger partial charge in [0.15, 0.2) is 0 Å². The van der Waals surface area contributed by atoms with E-state index < -0.39 is 0 Å². The summed E-state index contributed by atoms with van der Waals surface area (Å²) in [6.07, 6.45) is 6.93. The Morgan fingerprint density at radius 3 is 2.58 bits per heavy atom. The van der Waals surface area contributed by atoms with E-state index in [0.717, 1.165) is 39.0 Å². The minimum atomic E-state index is 0.00143. The molecule has 144 valence electrons. The molecule has 3 rings (SSSR count). The molecule has 0 N–H and O–H groups in total. The third-order valence-electron chi connectivity index (χ3n) is 5.93. The van der Waals surface area contributed by atoms with Gasteiger partial charge in [-0.2, -0.15) is 0 Å². The molecule has 0 spiro atoms. The first-order valence-corrected chi connectivity index (χ1v) is 9.98. The van der Waals surface area contributed by atoms with Crippen LogP contribution < -0.4 is 0 Å². The van der Waals surface area contributed by atoms with Gasteiger partial charge in [-0.25, -0.2) is 0 Å². The second-order valence-electron chi connectivity index (χ2n) is 7.38. The zero-order valence-corrected chi connectivity index (χ0v) is 16.0. The predicted octanol–water partition coefficient (Wildman–Crippen LogP) is 2.46. The number of furan rings is 1. The number of hydrogen-bond acceptors (Lipinski definition) is 4. The number of carbonyl (C=O) groups is 2. The Balaban J connectivity index is 1.52. The van der Waals surface area contributed by atoms with Gasteiger partial charge in [-0.05, 0) is 51.8 Å². The minimum Gasteiger partial charge on any atom is -0.472 e. The van der Waals surface area contributed by atoms with Crippen molar-refractivity contribution in [1.82, 2.24) is 14.7 Å². The van der Waals surface area contributed by atoms with Gasteiger partial charge in [0.1, 0.15) is 6.26 Å². The van der Waals surface area contributed by atoms with Gasteiger partial charge >= 0.3 is 0 Å². The molecule has 1 aromatic rings. The van der Waals surface area contributed by atoms with Gasteiger partial charge in [0.05, 0.1) is 11.8 Å². The molecule has 0 bridgehead atoms. The van der Waals surface area contributed by atoms with Crippen LogP contribution in [0.5, 0.6) is 0 Å². The third-order valence-corrected chi connectivity index (χ3v) is 5.93. The van der Waals surface area contributed by atoms with Crippen molar-refractivity contribution in [3.8, 4) is 0 Å². The fraction of sp³-hybridized carbons (Fsp3) is 0.700. The molecular formula is C20H31N3O3. The van der Waals surface area contributed by atoms with E-state index in [9.17, 15) is 9.59 Å². The van der Waals surface area contributed by atoms with E-state index in [0.29, 0.717) is 24.7 Å². The number of hydrogen-bond donors (Lipinski definition) is 0. The molecule has 2 amide bonds. The van der Waals surface area contributed by atoms with E-state index in [4.69, 9.17) is 4.42 Å². The van der Waals surface area contributed by atoms with E-state index >= 15 is 0 Å². The first-order valence-electron chi connectivity index (χ1n) is 9.98. The molecule has 26 heavy (non-hydrogen) atoms. The first kappa shape index (κ1) is 19.0. The topological polar surface area (TPSA) is 57.0 Å². The molecule has 2 fully saturated rings. The van der Waals surface area contributed by atoms with Crippen molar-refractivity contribution in [2.24, 2.45) is 5.92 Å². The average Bonchev–Trinajstić information content (AvgIpc) is 3.36. The Morgan fingerprint density at radius 1 is 1.19 bits per heavy atom. The van der Waals surface area contributed by atoms with Crippen molar-refractivity contribution < 1.29 is 14.0 Å². The van der Waals surface area contributed by atoms with E-state index in [1.807, 2.05) is 9.80 Å². The maximum atomic E-state index is 13.0. The molecule has 2 aliphatic heterocycles. The van der Waals surface area contributed by atoms with Crippen LogP contribution in [0.1, 0.15) is 49.9 Å². The van der Waals surface area contributed by atoms with Gasteiger partial charge in [0.2, 0.25) is 5.91 Å². The highest BCUT2D eigenvalue weighted by Gasteiger charge is 2.32. The van der Waals surface area contributed by atoms with Crippen LogP contribution in [0.3, 0.4) is 0 Å². The Kier molecular flexibility index (Phi) is 6.35. The largest absolute Gasteiger partial charge is 0.472 e. The maximum absolute atomic E-state index is 13.0. The van der Waals surface area contributed by atoms with E-state index in [1.54, 1.807) is 6.07 Å². The quantitative estimate of drug-likeness (QED) is 0.781. The van der Waals surface area contributed by atoms with Gasteiger partial charge in [0, 0.05) is 38.1 Å². The smallest absolute Gasteiger partial charge is 0.257 e. The Hall–Kier alpha value is -1.82. The summed E-state index contributed by atoms with van der Waals surface area (Å²) in [5.74, 6) is 0.312. The van der Waals surface area contributed by atoms with Gasteiger partial charge in [-0.15, -0.1) is 0 Å². The number of nitrogens with zero attached hydrogens (tertiary/aromatic N) is 3. The lowest BCUT2D eigenvalue weighted by atomic mass is 9.94. The Morgan fingerprint density at radius 2 is 1.96 bits per heavy atom. The van der Waals surface area contributed by atoms with Crippen molar-refractivity contribution in [2.45, 2.75) is 45.6 Å². The molecule has 3 heterocycles. The number of piperidine rings is 1. The molecule has 2 saturated heterocycles. The summed E-state index contributed by atoms with van der Waals surface area (Å²) < 4.78 is 5.00. The third kappa shape index (κ3) is 4.11. The van der Waals surface area contributed by atoms with Crippen LogP contribution >= 0.6 is 0 Å². The second kappa shape index (κ2) is 8.71. The Labute approximate surface area is 156 Å². The summed E-state index contributed by atoms with van der Waals surface area (Å²) in [7, 11) is 0. The zero-order valence-electron chi connectivity index (χ0n) is 16.0. The van der Waals surface area contributed by atoms with Gasteiger partial charge in [-0.3, -0.25) is 14.5 Å². The summed E-state index contributed by atoms with van der Waals surface area (Å²) in [6, 6.07) is 2.20. The normalized spacial score (nSPS) is 21.9. The number of likely N-dealkylation sites (tertiary alicyclic amines) is 2. The van der Waals surface area contributed by atoms with Gasteiger partial charge in [-0.1, -0.05) is 6.92 Å². The summed E-state index contributed by atoms with van der Waals surface area (Å²) in [5.41, 5.74) is 0.589. The van der Waals surface area contributed by atoms with E-state index in [1.165, 1.54) is 25.4 Å². The summed E-state index contributed by atoms with van der Waals surface area (Å²) >= 11 is 0. The summed E-state index contributed by atoms with van der Waals surface area (Å²) in [4.78, 5) is 31.8. The number of rotatable bonds is 6. The second-order valence-corrected chi connectivity index (χ2v) is 7.38. The minimum absolute atomic E-state index is 0.00143. The lowest BCUT2D eigenvalue weighted by Crippen LogP contribution is -2.48. The van der Waals surface area contributed by atoms with E-state index in [-0.39, 0.29) is 17.7 Å². The van der Waals surface area contributed by atoms with Gasteiger partial charge in [0.25, 0.3) is 5.91 Å². The van der Waals surface area contributed by atoms with Crippen LogP contribution in [0.2, 0.25) is 0 Å². The maximum Gasteiger partial charge on any atom is 0.257 e. The van der Waals surface area contributed by atoms with Crippen LogP contribution in [0.25, 0.3) is 0 Å². The number of likely N-dealkylation sites (N-methyl/N-ethyl adjacent to an activating group) is 2. The fourth-order valence-electron chi connectivity index (χ4n) is 4.30. The van der Waals surface area contributed by atoms with E-state index in [2.05, 4.69) is 18.7 Å².